The number of hydrogen-bond acceptors (Lipinski definition) is 2. The maximum Gasteiger partial charge on any atom is 0.194 e. The van der Waals surface area contributed by atoms with E-state index in [4.69, 9.17) is 29.0 Å². The fourth-order valence-electron chi connectivity index (χ4n) is 1.98. The molecule has 2 aromatic rings. The van der Waals surface area contributed by atoms with E-state index >= 15 is 0 Å². The van der Waals surface area contributed by atoms with Crippen LogP contribution in [0, 0.1) is 17.5 Å². The summed E-state index contributed by atoms with van der Waals surface area (Å²) in [6, 6.07) is 6.17. The number of nitrogens with one attached hydrogen (secondary N) is 1. The Morgan fingerprint density at radius 2 is 1.71 bits per heavy atom. The molecule has 3 N–H and O–H groups in total. The van der Waals surface area contributed by atoms with Gasteiger partial charge in [-0.25, -0.2) is 13.2 Å². The van der Waals surface area contributed by atoms with E-state index in [1.807, 2.05) is 0 Å². The summed E-state index contributed by atoms with van der Waals surface area (Å²) in [5.41, 5.74) is 3.25. The van der Waals surface area contributed by atoms with Crippen molar-refractivity contribution in [3.05, 3.63) is 69.0 Å². The maximum absolute atomic E-state index is 13.3. The van der Waals surface area contributed by atoms with E-state index in [2.05, 4.69) is 5.43 Å². The summed E-state index contributed by atoms with van der Waals surface area (Å²) < 4.78 is 39.6. The summed E-state index contributed by atoms with van der Waals surface area (Å²) in [5.74, 6) is 1.34. The zero-order chi connectivity index (χ0) is 15.6. The van der Waals surface area contributed by atoms with Crippen LogP contribution in [-0.4, -0.2) is 0 Å². The number of hydrazine groups is 1. The van der Waals surface area contributed by atoms with Crippen LogP contribution in [0.3, 0.4) is 0 Å². The Bertz CT molecular complexity index is 642. The third-order valence-electron chi connectivity index (χ3n) is 3.07. The molecule has 0 saturated carbocycles. The predicted octanol–water partition coefficient (Wildman–Crippen LogP) is 4.16. The molecule has 0 saturated heterocycles. The molecular weight excluding hydrogens is 324 g/mol. The van der Waals surface area contributed by atoms with Crippen LogP contribution in [0.25, 0.3) is 0 Å². The van der Waals surface area contributed by atoms with Crippen molar-refractivity contribution in [2.45, 2.75) is 12.5 Å². The highest BCUT2D eigenvalue weighted by atomic mass is 35.5. The van der Waals surface area contributed by atoms with Gasteiger partial charge in [0.1, 0.15) is 0 Å². The first-order valence-electron chi connectivity index (χ1n) is 5.97. The summed E-state index contributed by atoms with van der Waals surface area (Å²) in [6.45, 7) is 0. The van der Waals surface area contributed by atoms with Crippen molar-refractivity contribution in [2.24, 2.45) is 5.84 Å². The van der Waals surface area contributed by atoms with Gasteiger partial charge in [-0.2, -0.15) is 0 Å². The van der Waals surface area contributed by atoms with Gasteiger partial charge in [0.05, 0.1) is 16.1 Å². The van der Waals surface area contributed by atoms with Gasteiger partial charge in [-0.1, -0.05) is 35.3 Å². The smallest absolute Gasteiger partial charge is 0.194 e. The summed E-state index contributed by atoms with van der Waals surface area (Å²) in [7, 11) is 0. The van der Waals surface area contributed by atoms with E-state index in [0.29, 0.717) is 15.6 Å². The Kier molecular flexibility index (Phi) is 5.11. The number of nitrogens with two attached hydrogens (primary N) is 1. The van der Waals surface area contributed by atoms with Crippen LogP contribution in [0.1, 0.15) is 17.2 Å². The topological polar surface area (TPSA) is 38.0 Å². The van der Waals surface area contributed by atoms with Gasteiger partial charge in [-0.05, 0) is 35.7 Å². The van der Waals surface area contributed by atoms with E-state index in [-0.39, 0.29) is 12.0 Å². The average Bonchev–Trinajstić information content (AvgIpc) is 2.46. The third kappa shape index (κ3) is 3.49. The molecule has 1 atom stereocenters. The highest BCUT2D eigenvalue weighted by molar-refractivity contribution is 6.42. The molecule has 7 heteroatoms. The molecule has 2 nitrogen and oxygen atoms in total. The van der Waals surface area contributed by atoms with E-state index in [1.165, 1.54) is 0 Å². The second-order valence-electron chi connectivity index (χ2n) is 4.43. The largest absolute Gasteiger partial charge is 0.271 e. The predicted molar refractivity (Wildman–Crippen MR) is 76.5 cm³/mol. The molecule has 0 aliphatic rings. The van der Waals surface area contributed by atoms with E-state index in [0.717, 1.165) is 12.1 Å². The van der Waals surface area contributed by atoms with E-state index in [1.54, 1.807) is 18.2 Å². The zero-order valence-electron chi connectivity index (χ0n) is 10.6. The van der Waals surface area contributed by atoms with Crippen molar-refractivity contribution in [2.75, 3.05) is 0 Å². The van der Waals surface area contributed by atoms with Crippen molar-refractivity contribution in [1.29, 1.82) is 0 Å². The molecule has 0 bridgehead atoms. The minimum absolute atomic E-state index is 0.171. The number of benzene rings is 2. The molecule has 1 unspecified atom stereocenters. The summed E-state index contributed by atoms with van der Waals surface area (Å²) >= 11 is 12.0. The van der Waals surface area contributed by atoms with Crippen LogP contribution < -0.4 is 11.3 Å². The van der Waals surface area contributed by atoms with Crippen LogP contribution >= 0.6 is 23.2 Å². The van der Waals surface area contributed by atoms with Gasteiger partial charge in [0.25, 0.3) is 0 Å². The molecule has 0 heterocycles. The molecule has 2 rings (SSSR count). The second kappa shape index (κ2) is 6.66. The van der Waals surface area contributed by atoms with Crippen LogP contribution in [0.5, 0.6) is 0 Å². The molecule has 2 aromatic carbocycles. The standard InChI is InChI=1S/C14H11Cl2F3N2/c15-9-3-1-2-7(13(9)16)6-12(21-20)8-4-10(17)14(19)11(18)5-8/h1-5,12,21H,6,20H2. The van der Waals surface area contributed by atoms with Crippen molar-refractivity contribution in [3.8, 4) is 0 Å². The Morgan fingerprint density at radius 3 is 2.29 bits per heavy atom. The monoisotopic (exact) mass is 334 g/mol. The molecule has 0 spiro atoms. The summed E-state index contributed by atoms with van der Waals surface area (Å²) in [4.78, 5) is 0. The first kappa shape index (κ1) is 16.1. The molecule has 0 aromatic heterocycles. The Morgan fingerprint density at radius 1 is 1.10 bits per heavy atom. The minimum atomic E-state index is -1.52. The lowest BCUT2D eigenvalue weighted by molar-refractivity contribution is 0.439. The quantitative estimate of drug-likeness (QED) is 0.500. The number of rotatable bonds is 4. The minimum Gasteiger partial charge on any atom is -0.271 e. The van der Waals surface area contributed by atoms with Crippen LogP contribution in [0.15, 0.2) is 30.3 Å². The molecule has 112 valence electrons. The second-order valence-corrected chi connectivity index (χ2v) is 5.22. The van der Waals surface area contributed by atoms with Crippen LogP contribution in [0.4, 0.5) is 13.2 Å². The van der Waals surface area contributed by atoms with Gasteiger partial charge in [0.2, 0.25) is 0 Å². The molecule has 0 fully saturated rings. The fraction of sp³-hybridized carbons (Fsp3) is 0.143. The first-order valence-corrected chi connectivity index (χ1v) is 6.73. The third-order valence-corrected chi connectivity index (χ3v) is 3.92. The zero-order valence-corrected chi connectivity index (χ0v) is 12.2. The van der Waals surface area contributed by atoms with Gasteiger partial charge in [0.15, 0.2) is 17.5 Å². The highest BCUT2D eigenvalue weighted by Crippen LogP contribution is 2.29. The lowest BCUT2D eigenvalue weighted by Crippen LogP contribution is -2.30. The normalized spacial score (nSPS) is 12.5. The van der Waals surface area contributed by atoms with Gasteiger partial charge in [0, 0.05) is 0 Å². The average molecular weight is 335 g/mol. The fourth-order valence-corrected chi connectivity index (χ4v) is 2.37. The van der Waals surface area contributed by atoms with Crippen LogP contribution in [-0.2, 0) is 6.42 Å². The van der Waals surface area contributed by atoms with Crippen LogP contribution in [0.2, 0.25) is 10.0 Å². The van der Waals surface area contributed by atoms with Crippen molar-refractivity contribution >= 4 is 23.2 Å². The Balaban J connectivity index is 2.34. The van der Waals surface area contributed by atoms with Gasteiger partial charge in [-0.3, -0.25) is 11.3 Å². The Hall–Kier alpha value is -1.27. The van der Waals surface area contributed by atoms with E-state index in [9.17, 15) is 13.2 Å². The summed E-state index contributed by atoms with van der Waals surface area (Å²) in [6.07, 6.45) is 0.237. The van der Waals surface area contributed by atoms with Gasteiger partial charge < -0.3 is 0 Å². The Labute approximate surface area is 129 Å². The molecular formula is C14H11Cl2F3N2. The lowest BCUT2D eigenvalue weighted by Gasteiger charge is -2.18. The SMILES string of the molecule is NNC(Cc1cccc(Cl)c1Cl)c1cc(F)c(F)c(F)c1. The number of halogens is 5. The van der Waals surface area contributed by atoms with Crippen molar-refractivity contribution in [1.82, 2.24) is 5.43 Å². The van der Waals surface area contributed by atoms with Gasteiger partial charge >= 0.3 is 0 Å². The van der Waals surface area contributed by atoms with E-state index < -0.39 is 23.5 Å². The molecule has 21 heavy (non-hydrogen) atoms. The summed E-state index contributed by atoms with van der Waals surface area (Å²) in [5, 5.41) is 0.698. The van der Waals surface area contributed by atoms with Crippen molar-refractivity contribution < 1.29 is 13.2 Å². The lowest BCUT2D eigenvalue weighted by atomic mass is 9.99. The molecule has 0 radical (unpaired) electrons. The number of hydrogen-bond donors (Lipinski definition) is 2. The first-order chi connectivity index (χ1) is 9.93. The molecule has 0 aliphatic heterocycles. The van der Waals surface area contributed by atoms with Crippen molar-refractivity contribution in [3.63, 3.8) is 0 Å². The maximum atomic E-state index is 13.3. The molecule has 0 amide bonds. The molecule has 0 aliphatic carbocycles. The van der Waals surface area contributed by atoms with Gasteiger partial charge in [-0.15, -0.1) is 0 Å². The highest BCUT2D eigenvalue weighted by Gasteiger charge is 2.18.